The van der Waals surface area contributed by atoms with Crippen molar-refractivity contribution >= 4 is 15.2 Å². The Morgan fingerprint density at radius 3 is 2.00 bits per heavy atom. The fraction of sp³-hybridized carbons (Fsp3) is 0.250. The number of aliphatic hydroxyl groups is 1. The third-order valence-corrected chi connectivity index (χ3v) is 0.175. The first kappa shape index (κ1) is 10.6. The van der Waals surface area contributed by atoms with Crippen molar-refractivity contribution in [2.75, 3.05) is 6.35 Å². The van der Waals surface area contributed by atoms with Gasteiger partial charge in [-0.05, 0) is 0 Å². The van der Waals surface area contributed by atoms with Crippen LogP contribution in [0.2, 0.25) is 0 Å². The third-order valence-electron chi connectivity index (χ3n) is 0.175. The van der Waals surface area contributed by atoms with Gasteiger partial charge in [0.2, 0.25) is 0 Å². The molecule has 0 aliphatic carbocycles. The van der Waals surface area contributed by atoms with E-state index in [9.17, 15) is 4.79 Å². The minimum atomic E-state index is -0.981. The Morgan fingerprint density at radius 2 is 2.00 bits per heavy atom. The van der Waals surface area contributed by atoms with E-state index < -0.39 is 5.97 Å². The SMILES string of the molecule is C=CC(=O)O.OCP. The van der Waals surface area contributed by atoms with Gasteiger partial charge in [-0.15, -0.1) is 9.24 Å². The Labute approximate surface area is 50.2 Å². The number of carboxylic acids is 1. The summed E-state index contributed by atoms with van der Waals surface area (Å²) in [6, 6.07) is 0. The largest absolute Gasteiger partial charge is 0.478 e. The molecule has 0 aromatic rings. The Hall–Kier alpha value is -0.400. The van der Waals surface area contributed by atoms with E-state index in [1.54, 1.807) is 0 Å². The van der Waals surface area contributed by atoms with Gasteiger partial charge in [-0.1, -0.05) is 6.58 Å². The predicted molar refractivity (Wildman–Crippen MR) is 34.6 cm³/mol. The van der Waals surface area contributed by atoms with Crippen LogP contribution in [-0.2, 0) is 4.79 Å². The highest BCUT2D eigenvalue weighted by molar-refractivity contribution is 7.16. The first-order chi connectivity index (χ1) is 3.68. The van der Waals surface area contributed by atoms with Gasteiger partial charge in [0.1, 0.15) is 0 Å². The number of aliphatic hydroxyl groups excluding tert-OH is 1. The van der Waals surface area contributed by atoms with Gasteiger partial charge in [0, 0.05) is 6.08 Å². The number of rotatable bonds is 1. The van der Waals surface area contributed by atoms with Crippen LogP contribution in [0.4, 0.5) is 0 Å². The highest BCUT2D eigenvalue weighted by Gasteiger charge is 1.73. The first-order valence-corrected chi connectivity index (χ1v) is 2.67. The summed E-state index contributed by atoms with van der Waals surface area (Å²) in [5.41, 5.74) is 0. The van der Waals surface area contributed by atoms with E-state index in [-0.39, 0.29) is 6.35 Å². The third kappa shape index (κ3) is 46.3. The van der Waals surface area contributed by atoms with Crippen molar-refractivity contribution in [2.45, 2.75) is 0 Å². The Balaban J connectivity index is 0. The van der Waals surface area contributed by atoms with Crippen LogP contribution in [0.1, 0.15) is 0 Å². The lowest BCUT2D eigenvalue weighted by atomic mass is 10.7. The standard InChI is InChI=1S/C3H4O2.CH5OP/c1-2-3(4)5;2-1-3/h2H,1H2,(H,4,5);2H,1,3H2. The summed E-state index contributed by atoms with van der Waals surface area (Å²) < 4.78 is 0. The van der Waals surface area contributed by atoms with Crippen molar-refractivity contribution in [3.63, 3.8) is 0 Å². The minimum absolute atomic E-state index is 0.167. The van der Waals surface area contributed by atoms with Crippen LogP contribution in [0, 0.1) is 0 Å². The smallest absolute Gasteiger partial charge is 0.327 e. The molecule has 0 bridgehead atoms. The molecule has 0 saturated carbocycles. The van der Waals surface area contributed by atoms with Gasteiger partial charge in [0.25, 0.3) is 0 Å². The van der Waals surface area contributed by atoms with E-state index in [1.165, 1.54) is 0 Å². The molecule has 1 atom stereocenters. The molecule has 0 aliphatic rings. The molecule has 0 aromatic carbocycles. The normalized spacial score (nSPS) is 6.25. The van der Waals surface area contributed by atoms with Crippen molar-refractivity contribution in [1.82, 2.24) is 0 Å². The van der Waals surface area contributed by atoms with Crippen molar-refractivity contribution in [2.24, 2.45) is 0 Å². The van der Waals surface area contributed by atoms with Crippen molar-refractivity contribution < 1.29 is 15.0 Å². The molecule has 0 heterocycles. The van der Waals surface area contributed by atoms with Crippen LogP contribution >= 0.6 is 9.24 Å². The van der Waals surface area contributed by atoms with Crippen LogP contribution in [-0.4, -0.2) is 22.5 Å². The van der Waals surface area contributed by atoms with Gasteiger partial charge in [-0.2, -0.15) is 0 Å². The van der Waals surface area contributed by atoms with Crippen molar-refractivity contribution in [1.29, 1.82) is 0 Å². The number of carboxylic acid groups (broad SMARTS) is 1. The molecule has 0 saturated heterocycles. The Morgan fingerprint density at radius 1 is 1.88 bits per heavy atom. The average molecular weight is 136 g/mol. The van der Waals surface area contributed by atoms with Crippen molar-refractivity contribution in [3.8, 4) is 0 Å². The summed E-state index contributed by atoms with van der Waals surface area (Å²) in [4.78, 5) is 9.25. The minimum Gasteiger partial charge on any atom is -0.478 e. The summed E-state index contributed by atoms with van der Waals surface area (Å²) in [6.07, 6.45) is 1.00. The zero-order chi connectivity index (χ0) is 6.99. The van der Waals surface area contributed by atoms with E-state index in [0.717, 1.165) is 6.08 Å². The summed E-state index contributed by atoms with van der Waals surface area (Å²) in [7, 11) is 2.13. The zero-order valence-corrected chi connectivity index (χ0v) is 5.53. The second kappa shape index (κ2) is 9.78. The lowest BCUT2D eigenvalue weighted by Crippen LogP contribution is -1.82. The van der Waals surface area contributed by atoms with Gasteiger partial charge >= 0.3 is 5.97 Å². The topological polar surface area (TPSA) is 57.5 Å². The van der Waals surface area contributed by atoms with E-state index >= 15 is 0 Å². The summed E-state index contributed by atoms with van der Waals surface area (Å²) >= 11 is 0. The lowest BCUT2D eigenvalue weighted by molar-refractivity contribution is -0.131. The molecule has 4 heteroatoms. The van der Waals surface area contributed by atoms with Gasteiger partial charge < -0.3 is 10.2 Å². The van der Waals surface area contributed by atoms with E-state index in [4.69, 9.17) is 10.2 Å². The van der Waals surface area contributed by atoms with Gasteiger partial charge in [0.15, 0.2) is 0 Å². The maximum Gasteiger partial charge on any atom is 0.327 e. The quantitative estimate of drug-likeness (QED) is 0.396. The predicted octanol–water partition coefficient (Wildman–Crippen LogP) is 0.0683. The van der Waals surface area contributed by atoms with Crippen LogP contribution in [0.5, 0.6) is 0 Å². The molecule has 0 rings (SSSR count). The maximum atomic E-state index is 9.25. The highest BCUT2D eigenvalue weighted by atomic mass is 31.0. The molecule has 8 heavy (non-hydrogen) atoms. The monoisotopic (exact) mass is 136 g/mol. The first-order valence-electron chi connectivity index (χ1n) is 1.85. The second-order valence-corrected chi connectivity index (χ2v) is 1.09. The molecule has 48 valence electrons. The molecule has 0 radical (unpaired) electrons. The van der Waals surface area contributed by atoms with E-state index in [0.29, 0.717) is 0 Å². The molecule has 0 spiro atoms. The molecule has 3 nitrogen and oxygen atoms in total. The molecule has 0 aromatic heterocycles. The van der Waals surface area contributed by atoms with Crippen LogP contribution in [0.25, 0.3) is 0 Å². The van der Waals surface area contributed by atoms with Crippen LogP contribution < -0.4 is 0 Å². The number of aliphatic carboxylic acids is 1. The molecule has 0 fully saturated rings. The lowest BCUT2D eigenvalue weighted by Gasteiger charge is -1.64. The van der Waals surface area contributed by atoms with Gasteiger partial charge in [-0.25, -0.2) is 4.79 Å². The number of hydrogen-bond acceptors (Lipinski definition) is 2. The fourth-order valence-corrected chi connectivity index (χ4v) is 0. The molecule has 1 unspecified atom stereocenters. The molecular weight excluding hydrogens is 127 g/mol. The molecule has 0 amide bonds. The molecular formula is C4H9O3P. The van der Waals surface area contributed by atoms with Gasteiger partial charge in [0.05, 0.1) is 6.35 Å². The van der Waals surface area contributed by atoms with Crippen LogP contribution in [0.15, 0.2) is 12.7 Å². The maximum absolute atomic E-state index is 9.25. The summed E-state index contributed by atoms with van der Waals surface area (Å²) in [6.45, 7) is 2.96. The van der Waals surface area contributed by atoms with E-state index in [1.807, 2.05) is 0 Å². The Bertz CT molecular complexity index is 71.7. The average Bonchev–Trinajstić information content (AvgIpc) is 1.69. The molecule has 2 N–H and O–H groups in total. The van der Waals surface area contributed by atoms with Gasteiger partial charge in [-0.3, -0.25) is 0 Å². The second-order valence-electron chi connectivity index (χ2n) is 0.725. The fourth-order valence-electron chi connectivity index (χ4n) is 0. The highest BCUT2D eigenvalue weighted by Crippen LogP contribution is 1.63. The number of hydrogen-bond donors (Lipinski definition) is 2. The van der Waals surface area contributed by atoms with Crippen molar-refractivity contribution in [3.05, 3.63) is 12.7 Å². The zero-order valence-electron chi connectivity index (χ0n) is 4.37. The van der Waals surface area contributed by atoms with Crippen LogP contribution in [0.3, 0.4) is 0 Å². The number of carbonyl (C=O) groups is 1. The summed E-state index contributed by atoms with van der Waals surface area (Å²) in [5.74, 6) is -0.981. The summed E-state index contributed by atoms with van der Waals surface area (Å²) in [5, 5.41) is 15.1. The Kier molecular flexibility index (Phi) is 12.9. The van der Waals surface area contributed by atoms with E-state index in [2.05, 4.69) is 15.8 Å². The molecule has 0 aliphatic heterocycles.